The number of fused-ring (bicyclic) bond motifs is 2. The molecule has 1 aromatic carbocycles. The monoisotopic (exact) mass is 313 g/mol. The second-order valence-corrected chi connectivity index (χ2v) is 6.22. The summed E-state index contributed by atoms with van der Waals surface area (Å²) >= 11 is 0. The number of piperidine rings is 2. The van der Waals surface area contributed by atoms with E-state index in [2.05, 4.69) is 0 Å². The second-order valence-electron chi connectivity index (χ2n) is 6.22. The second kappa shape index (κ2) is 5.53. The Morgan fingerprint density at radius 2 is 2.00 bits per heavy atom. The molecule has 2 aliphatic rings. The van der Waals surface area contributed by atoms with Gasteiger partial charge in [-0.1, -0.05) is 30.3 Å². The Morgan fingerprint density at radius 1 is 1.32 bits per heavy atom. The Morgan fingerprint density at radius 3 is 2.68 bits per heavy atom. The van der Waals surface area contributed by atoms with Crippen molar-refractivity contribution in [2.45, 2.75) is 55.8 Å². The Kier molecular flexibility index (Phi) is 3.97. The van der Waals surface area contributed by atoms with Gasteiger partial charge in [-0.2, -0.15) is 8.78 Å². The van der Waals surface area contributed by atoms with E-state index in [1.807, 2.05) is 6.07 Å². The number of alkyl halides is 2. The number of benzene rings is 1. The van der Waals surface area contributed by atoms with Crippen molar-refractivity contribution in [3.8, 4) is 0 Å². The number of nitrogens with zero attached hydrogens (tertiary/aromatic N) is 1. The number of ether oxygens (including phenoxy) is 1. The van der Waals surface area contributed by atoms with Crippen LogP contribution in [0, 0.1) is 0 Å². The van der Waals surface area contributed by atoms with Crippen molar-refractivity contribution in [3.05, 3.63) is 35.9 Å². The van der Waals surface area contributed by atoms with E-state index in [0.717, 1.165) is 5.56 Å². The summed E-state index contributed by atoms with van der Waals surface area (Å²) in [5, 5.41) is 20.8. The quantitative estimate of drug-likeness (QED) is 0.893. The Labute approximate surface area is 128 Å². The van der Waals surface area contributed by atoms with Gasteiger partial charge in [0.05, 0.1) is 6.61 Å². The molecule has 2 heterocycles. The van der Waals surface area contributed by atoms with Crippen molar-refractivity contribution < 1.29 is 23.7 Å². The third-order valence-corrected chi connectivity index (χ3v) is 4.97. The van der Waals surface area contributed by atoms with Gasteiger partial charge in [-0.3, -0.25) is 4.90 Å². The van der Waals surface area contributed by atoms with Gasteiger partial charge in [-0.05, 0) is 31.9 Å². The first kappa shape index (κ1) is 15.8. The lowest BCUT2D eigenvalue weighted by Gasteiger charge is -2.57. The standard InChI is InChI=1S/C16H21F2NO3/c1-19-12-8-5-9-15(19,21)16(17,18)14(13(12)20)22-10-11-6-3-2-4-7-11/h2-4,6-7,12-14,20-21H,5,8-10H2,1H3/t12-,13+,14-,15-/m1/s1. The van der Waals surface area contributed by atoms with Crippen LogP contribution in [0.2, 0.25) is 0 Å². The summed E-state index contributed by atoms with van der Waals surface area (Å²) in [7, 11) is 1.44. The van der Waals surface area contributed by atoms with E-state index >= 15 is 0 Å². The minimum Gasteiger partial charge on any atom is -0.389 e. The van der Waals surface area contributed by atoms with E-state index in [9.17, 15) is 19.0 Å². The number of aliphatic hydroxyl groups is 2. The third-order valence-electron chi connectivity index (χ3n) is 4.97. The molecule has 4 atom stereocenters. The molecule has 0 amide bonds. The highest BCUT2D eigenvalue weighted by molar-refractivity contribution is 5.15. The van der Waals surface area contributed by atoms with Gasteiger partial charge in [-0.25, -0.2) is 0 Å². The number of halogens is 2. The number of hydrogen-bond donors (Lipinski definition) is 2. The summed E-state index contributed by atoms with van der Waals surface area (Å²) in [6.45, 7) is -0.0231. The largest absolute Gasteiger partial charge is 0.389 e. The maximum absolute atomic E-state index is 14.8. The molecule has 2 fully saturated rings. The van der Waals surface area contributed by atoms with Gasteiger partial charge in [0.15, 0.2) is 11.8 Å². The number of aliphatic hydroxyl groups excluding tert-OH is 1. The predicted molar refractivity (Wildman–Crippen MR) is 76.3 cm³/mol. The van der Waals surface area contributed by atoms with Gasteiger partial charge >= 0.3 is 5.92 Å². The molecule has 0 spiro atoms. The average Bonchev–Trinajstić information content (AvgIpc) is 2.49. The van der Waals surface area contributed by atoms with Gasteiger partial charge < -0.3 is 14.9 Å². The molecule has 0 aromatic heterocycles. The molecule has 2 saturated heterocycles. The van der Waals surface area contributed by atoms with Crippen LogP contribution in [0.3, 0.4) is 0 Å². The molecule has 6 heteroatoms. The van der Waals surface area contributed by atoms with Crippen LogP contribution in [0.15, 0.2) is 30.3 Å². The Bertz CT molecular complexity index is 527. The molecule has 0 unspecified atom stereocenters. The molecule has 2 bridgehead atoms. The molecule has 2 aliphatic heterocycles. The van der Waals surface area contributed by atoms with E-state index in [1.54, 1.807) is 24.3 Å². The SMILES string of the molecule is CN1[C@@H]2CCC[C@@]1(O)C(F)(F)[C@H](OCc1ccccc1)[C@H]2O. The fourth-order valence-corrected chi connectivity index (χ4v) is 3.61. The summed E-state index contributed by atoms with van der Waals surface area (Å²) in [6, 6.07) is 8.45. The molecule has 22 heavy (non-hydrogen) atoms. The highest BCUT2D eigenvalue weighted by Crippen LogP contribution is 2.49. The van der Waals surface area contributed by atoms with E-state index in [-0.39, 0.29) is 13.0 Å². The van der Waals surface area contributed by atoms with Crippen LogP contribution < -0.4 is 0 Å². The first-order valence-electron chi connectivity index (χ1n) is 7.54. The maximum Gasteiger partial charge on any atom is 0.317 e. The van der Waals surface area contributed by atoms with Crippen LogP contribution in [0.25, 0.3) is 0 Å². The van der Waals surface area contributed by atoms with Gasteiger partial charge in [-0.15, -0.1) is 0 Å². The van der Waals surface area contributed by atoms with Crippen LogP contribution in [-0.4, -0.2) is 52.1 Å². The van der Waals surface area contributed by atoms with Gasteiger partial charge in [0.25, 0.3) is 0 Å². The zero-order valence-electron chi connectivity index (χ0n) is 12.5. The van der Waals surface area contributed by atoms with E-state index in [0.29, 0.717) is 12.8 Å². The predicted octanol–water partition coefficient (Wildman–Crippen LogP) is 1.75. The van der Waals surface area contributed by atoms with Gasteiger partial charge in [0.1, 0.15) is 6.10 Å². The molecular weight excluding hydrogens is 292 g/mol. The average molecular weight is 313 g/mol. The van der Waals surface area contributed by atoms with Gasteiger partial charge in [0, 0.05) is 6.04 Å². The van der Waals surface area contributed by atoms with Crippen molar-refractivity contribution in [2.75, 3.05) is 7.05 Å². The van der Waals surface area contributed by atoms with Crippen molar-refractivity contribution in [1.82, 2.24) is 4.90 Å². The van der Waals surface area contributed by atoms with Crippen molar-refractivity contribution >= 4 is 0 Å². The topological polar surface area (TPSA) is 52.9 Å². The molecule has 0 aliphatic carbocycles. The highest BCUT2D eigenvalue weighted by Gasteiger charge is 2.69. The van der Waals surface area contributed by atoms with Gasteiger partial charge in [0.2, 0.25) is 0 Å². The highest BCUT2D eigenvalue weighted by atomic mass is 19.3. The molecule has 2 N–H and O–H groups in total. The first-order valence-corrected chi connectivity index (χ1v) is 7.54. The van der Waals surface area contributed by atoms with E-state index in [1.165, 1.54) is 11.9 Å². The summed E-state index contributed by atoms with van der Waals surface area (Å²) in [5.74, 6) is -3.53. The molecular formula is C16H21F2NO3. The van der Waals surface area contributed by atoms with E-state index in [4.69, 9.17) is 4.74 Å². The summed E-state index contributed by atoms with van der Waals surface area (Å²) in [6.07, 6.45) is -2.03. The van der Waals surface area contributed by atoms with Crippen molar-refractivity contribution in [3.63, 3.8) is 0 Å². The number of hydrogen-bond acceptors (Lipinski definition) is 4. The fourth-order valence-electron chi connectivity index (χ4n) is 3.61. The lowest BCUT2D eigenvalue weighted by Crippen LogP contribution is -2.77. The summed E-state index contributed by atoms with van der Waals surface area (Å²) < 4.78 is 34.9. The lowest BCUT2D eigenvalue weighted by atomic mass is 9.76. The van der Waals surface area contributed by atoms with Crippen LogP contribution in [0.5, 0.6) is 0 Å². The van der Waals surface area contributed by atoms with Crippen LogP contribution in [-0.2, 0) is 11.3 Å². The fraction of sp³-hybridized carbons (Fsp3) is 0.625. The Balaban J connectivity index is 1.83. The van der Waals surface area contributed by atoms with Crippen LogP contribution >= 0.6 is 0 Å². The minimum absolute atomic E-state index is 0.0229. The Hall–Kier alpha value is -1.08. The molecule has 0 radical (unpaired) electrons. The third kappa shape index (κ3) is 2.25. The zero-order chi connectivity index (χ0) is 16.0. The minimum atomic E-state index is -3.53. The van der Waals surface area contributed by atoms with Crippen molar-refractivity contribution in [1.29, 1.82) is 0 Å². The zero-order valence-corrected chi connectivity index (χ0v) is 12.5. The molecule has 3 rings (SSSR count). The molecule has 122 valence electrons. The number of likely N-dealkylation sites (N-methyl/N-ethyl adjacent to an activating group) is 1. The van der Waals surface area contributed by atoms with Crippen LogP contribution in [0.1, 0.15) is 24.8 Å². The number of rotatable bonds is 3. The maximum atomic E-state index is 14.8. The first-order chi connectivity index (χ1) is 10.4. The molecule has 1 aromatic rings. The molecule has 0 saturated carbocycles. The lowest BCUT2D eigenvalue weighted by molar-refractivity contribution is -0.360. The van der Waals surface area contributed by atoms with Crippen molar-refractivity contribution in [2.24, 2.45) is 0 Å². The molecule has 4 nitrogen and oxygen atoms in total. The summed E-state index contributed by atoms with van der Waals surface area (Å²) in [5.41, 5.74) is -1.50. The van der Waals surface area contributed by atoms with E-state index < -0.39 is 29.9 Å². The van der Waals surface area contributed by atoms with Crippen LogP contribution in [0.4, 0.5) is 8.78 Å². The smallest absolute Gasteiger partial charge is 0.317 e. The normalized spacial score (nSPS) is 38.0. The summed E-state index contributed by atoms with van der Waals surface area (Å²) in [4.78, 5) is 1.21.